The summed E-state index contributed by atoms with van der Waals surface area (Å²) in [6, 6.07) is 7.56. The Balaban J connectivity index is 2.61. The smallest absolute Gasteiger partial charge is 0.215 e. The van der Waals surface area contributed by atoms with Gasteiger partial charge in [-0.05, 0) is 31.7 Å². The molecule has 0 aromatic heterocycles. The van der Waals surface area contributed by atoms with Crippen molar-refractivity contribution in [1.29, 1.82) is 0 Å². The van der Waals surface area contributed by atoms with Crippen molar-refractivity contribution in [3.63, 3.8) is 0 Å². The Morgan fingerprint density at radius 3 is 2.71 bits per heavy atom. The molecule has 1 atom stereocenters. The molecule has 0 spiro atoms. The molecule has 0 aliphatic heterocycles. The van der Waals surface area contributed by atoms with E-state index in [9.17, 15) is 8.42 Å². The average Bonchev–Trinajstić information content (AvgIpc) is 2.27. The zero-order valence-corrected chi connectivity index (χ0v) is 12.3. The number of rotatable bonds is 6. The van der Waals surface area contributed by atoms with Gasteiger partial charge in [-0.25, -0.2) is 13.1 Å². The van der Waals surface area contributed by atoms with Crippen LogP contribution in [0.2, 0.25) is 0 Å². The molecule has 96 valence electrons. The highest BCUT2D eigenvalue weighted by Gasteiger charge is 2.18. The highest BCUT2D eigenvalue weighted by Crippen LogP contribution is 2.11. The first-order valence-corrected chi connectivity index (χ1v) is 7.67. The lowest BCUT2D eigenvalue weighted by molar-refractivity contribution is 0.563. The van der Waals surface area contributed by atoms with Gasteiger partial charge in [0.25, 0.3) is 0 Å². The molecule has 0 aliphatic rings. The zero-order chi connectivity index (χ0) is 12.9. The molecule has 1 rings (SSSR count). The van der Waals surface area contributed by atoms with Crippen LogP contribution in [0.1, 0.15) is 12.5 Å². The van der Waals surface area contributed by atoms with Gasteiger partial charge in [-0.2, -0.15) is 0 Å². The molecule has 0 bridgehead atoms. The minimum Gasteiger partial charge on any atom is -0.318 e. The summed E-state index contributed by atoms with van der Waals surface area (Å²) in [6.07, 6.45) is 0. The van der Waals surface area contributed by atoms with Crippen LogP contribution >= 0.6 is 15.9 Å². The third-order valence-electron chi connectivity index (χ3n) is 2.39. The van der Waals surface area contributed by atoms with E-state index in [1.54, 1.807) is 14.0 Å². The van der Waals surface area contributed by atoms with Gasteiger partial charge in [0.2, 0.25) is 10.0 Å². The van der Waals surface area contributed by atoms with Crippen molar-refractivity contribution in [2.45, 2.75) is 18.7 Å². The summed E-state index contributed by atoms with van der Waals surface area (Å²) >= 11 is 3.35. The fourth-order valence-electron chi connectivity index (χ4n) is 1.37. The number of hydrogen-bond acceptors (Lipinski definition) is 3. The van der Waals surface area contributed by atoms with Crippen molar-refractivity contribution >= 4 is 26.0 Å². The first-order chi connectivity index (χ1) is 7.95. The Labute approximate surface area is 111 Å². The van der Waals surface area contributed by atoms with Crippen LogP contribution in [0.25, 0.3) is 0 Å². The van der Waals surface area contributed by atoms with E-state index >= 15 is 0 Å². The van der Waals surface area contributed by atoms with Crippen molar-refractivity contribution < 1.29 is 8.42 Å². The van der Waals surface area contributed by atoms with Crippen LogP contribution in [0.4, 0.5) is 0 Å². The van der Waals surface area contributed by atoms with E-state index in [1.807, 2.05) is 24.3 Å². The molecule has 0 fully saturated rings. The summed E-state index contributed by atoms with van der Waals surface area (Å²) in [7, 11) is -1.52. The summed E-state index contributed by atoms with van der Waals surface area (Å²) in [4.78, 5) is 0. The Kier molecular flexibility index (Phi) is 5.58. The molecule has 0 saturated carbocycles. The Hall–Kier alpha value is -0.430. The lowest BCUT2D eigenvalue weighted by atomic mass is 10.2. The predicted molar refractivity (Wildman–Crippen MR) is 73.3 cm³/mol. The lowest BCUT2D eigenvalue weighted by Gasteiger charge is -2.13. The number of sulfonamides is 1. The lowest BCUT2D eigenvalue weighted by Crippen LogP contribution is -2.37. The molecule has 17 heavy (non-hydrogen) atoms. The van der Waals surface area contributed by atoms with Gasteiger partial charge in [0.05, 0.1) is 5.25 Å². The van der Waals surface area contributed by atoms with Crippen LogP contribution < -0.4 is 10.0 Å². The second-order valence-electron chi connectivity index (χ2n) is 3.86. The highest BCUT2D eigenvalue weighted by atomic mass is 79.9. The number of benzene rings is 1. The zero-order valence-electron chi connectivity index (χ0n) is 9.90. The summed E-state index contributed by atoms with van der Waals surface area (Å²) < 4.78 is 27.2. The Bertz CT molecular complexity index is 462. The number of nitrogens with one attached hydrogen (secondary N) is 2. The molecular formula is C11H17BrN2O2S. The predicted octanol–water partition coefficient (Wildman–Crippen LogP) is 1.48. The van der Waals surface area contributed by atoms with E-state index in [0.717, 1.165) is 10.0 Å². The quantitative estimate of drug-likeness (QED) is 0.834. The van der Waals surface area contributed by atoms with Gasteiger partial charge < -0.3 is 5.32 Å². The van der Waals surface area contributed by atoms with Crippen molar-refractivity contribution in [2.75, 3.05) is 13.6 Å². The van der Waals surface area contributed by atoms with E-state index in [-0.39, 0.29) is 0 Å². The molecule has 1 unspecified atom stereocenters. The van der Waals surface area contributed by atoms with Crippen LogP contribution in [-0.2, 0) is 16.6 Å². The molecule has 6 heteroatoms. The Morgan fingerprint density at radius 2 is 2.12 bits per heavy atom. The molecule has 2 N–H and O–H groups in total. The molecule has 1 aromatic rings. The highest BCUT2D eigenvalue weighted by molar-refractivity contribution is 9.10. The second kappa shape index (κ2) is 6.49. The third kappa shape index (κ3) is 4.75. The average molecular weight is 321 g/mol. The van der Waals surface area contributed by atoms with Gasteiger partial charge in [-0.3, -0.25) is 0 Å². The maximum atomic E-state index is 11.8. The first-order valence-electron chi connectivity index (χ1n) is 5.33. The third-order valence-corrected chi connectivity index (χ3v) is 4.65. The maximum absolute atomic E-state index is 11.8. The SMILES string of the molecule is CNCC(C)S(=O)(=O)NCc1cccc(Br)c1. The van der Waals surface area contributed by atoms with E-state index in [1.165, 1.54) is 0 Å². The summed E-state index contributed by atoms with van der Waals surface area (Å²) in [5.41, 5.74) is 0.930. The van der Waals surface area contributed by atoms with Crippen LogP contribution in [0, 0.1) is 0 Å². The normalized spacial score (nSPS) is 13.6. The van der Waals surface area contributed by atoms with Crippen molar-refractivity contribution in [3.05, 3.63) is 34.3 Å². The Morgan fingerprint density at radius 1 is 1.41 bits per heavy atom. The molecule has 0 amide bonds. The van der Waals surface area contributed by atoms with E-state index < -0.39 is 15.3 Å². The molecule has 0 aliphatic carbocycles. The van der Waals surface area contributed by atoms with E-state index in [4.69, 9.17) is 0 Å². The first kappa shape index (κ1) is 14.6. The molecule has 0 radical (unpaired) electrons. The minimum atomic E-state index is -3.26. The summed E-state index contributed by atoms with van der Waals surface area (Å²) in [5.74, 6) is 0. The fourth-order valence-corrected chi connectivity index (χ4v) is 2.86. The monoisotopic (exact) mass is 320 g/mol. The van der Waals surface area contributed by atoms with Crippen LogP contribution in [-0.4, -0.2) is 27.3 Å². The van der Waals surface area contributed by atoms with Gasteiger partial charge in [-0.15, -0.1) is 0 Å². The van der Waals surface area contributed by atoms with Crippen molar-refractivity contribution in [1.82, 2.24) is 10.0 Å². The standard InChI is InChI=1S/C11H17BrN2O2S/c1-9(7-13-2)17(15,16)14-8-10-4-3-5-11(12)6-10/h3-6,9,13-14H,7-8H2,1-2H3. The van der Waals surface area contributed by atoms with Crippen molar-refractivity contribution in [3.8, 4) is 0 Å². The van der Waals surface area contributed by atoms with Crippen LogP contribution in [0.15, 0.2) is 28.7 Å². The van der Waals surface area contributed by atoms with E-state index in [2.05, 4.69) is 26.0 Å². The van der Waals surface area contributed by atoms with Gasteiger partial charge in [0.15, 0.2) is 0 Å². The minimum absolute atomic E-state index is 0.315. The van der Waals surface area contributed by atoms with Crippen LogP contribution in [0.3, 0.4) is 0 Å². The largest absolute Gasteiger partial charge is 0.318 e. The van der Waals surface area contributed by atoms with Crippen LogP contribution in [0.5, 0.6) is 0 Å². The number of hydrogen-bond donors (Lipinski definition) is 2. The molecule has 0 heterocycles. The fraction of sp³-hybridized carbons (Fsp3) is 0.455. The second-order valence-corrected chi connectivity index (χ2v) is 6.96. The van der Waals surface area contributed by atoms with Gasteiger partial charge >= 0.3 is 0 Å². The van der Waals surface area contributed by atoms with Crippen molar-refractivity contribution in [2.24, 2.45) is 0 Å². The van der Waals surface area contributed by atoms with Gasteiger partial charge in [0, 0.05) is 17.6 Å². The summed E-state index contributed by atoms with van der Waals surface area (Å²) in [6.45, 7) is 2.43. The molecule has 1 aromatic carbocycles. The molecule has 4 nitrogen and oxygen atoms in total. The van der Waals surface area contributed by atoms with E-state index in [0.29, 0.717) is 13.1 Å². The maximum Gasteiger partial charge on any atom is 0.215 e. The topological polar surface area (TPSA) is 58.2 Å². The van der Waals surface area contributed by atoms with Gasteiger partial charge in [0.1, 0.15) is 0 Å². The van der Waals surface area contributed by atoms with Gasteiger partial charge in [-0.1, -0.05) is 28.1 Å². The molecule has 0 saturated heterocycles. The summed E-state index contributed by atoms with van der Waals surface area (Å²) in [5, 5.41) is 2.41. The number of halogens is 1. The molecular weight excluding hydrogens is 304 g/mol.